The highest BCUT2D eigenvalue weighted by molar-refractivity contribution is 5.77. The van der Waals surface area contributed by atoms with Crippen LogP contribution < -0.4 is 0 Å². The maximum Gasteiger partial charge on any atom is 0.252 e. The van der Waals surface area contributed by atoms with E-state index in [0.29, 0.717) is 43.6 Å². The zero-order valence-corrected chi connectivity index (χ0v) is 19.4. The maximum atomic E-state index is 13.0. The Labute approximate surface area is 189 Å². The summed E-state index contributed by atoms with van der Waals surface area (Å²) in [5, 5.41) is 3.94. The van der Waals surface area contributed by atoms with E-state index in [1.54, 1.807) is 21.0 Å². The predicted octanol–water partition coefficient (Wildman–Crippen LogP) is 1.25. The number of amides is 3. The molecule has 2 saturated heterocycles. The first kappa shape index (κ1) is 24.2. The van der Waals surface area contributed by atoms with Crippen LogP contribution in [0.5, 0.6) is 0 Å². The normalized spacial score (nSPS) is 19.8. The number of hydrogen-bond acceptors (Lipinski definition) is 7. The lowest BCUT2D eigenvalue weighted by atomic mass is 9.92. The van der Waals surface area contributed by atoms with Crippen molar-refractivity contribution in [1.82, 2.24) is 24.8 Å². The minimum absolute atomic E-state index is 0.00453. The fraction of sp³-hybridized carbons (Fsp3) is 0.773. The number of likely N-dealkylation sites (tertiary alicyclic amines) is 2. The van der Waals surface area contributed by atoms with Gasteiger partial charge in [-0.2, -0.15) is 4.98 Å². The van der Waals surface area contributed by atoms with Gasteiger partial charge in [-0.15, -0.1) is 0 Å². The molecule has 2 fully saturated rings. The van der Waals surface area contributed by atoms with Crippen LogP contribution in [-0.4, -0.2) is 88.4 Å². The molecule has 178 valence electrons. The van der Waals surface area contributed by atoms with Gasteiger partial charge in [-0.3, -0.25) is 14.4 Å². The summed E-state index contributed by atoms with van der Waals surface area (Å²) < 4.78 is 10.1. The van der Waals surface area contributed by atoms with Gasteiger partial charge in [-0.1, -0.05) is 5.16 Å². The summed E-state index contributed by atoms with van der Waals surface area (Å²) in [5.74, 6) is 1.53. The van der Waals surface area contributed by atoms with E-state index in [1.165, 1.54) is 0 Å². The van der Waals surface area contributed by atoms with Crippen molar-refractivity contribution in [3.05, 3.63) is 11.7 Å². The van der Waals surface area contributed by atoms with Crippen molar-refractivity contribution in [2.45, 2.75) is 65.0 Å². The number of rotatable bonds is 8. The summed E-state index contributed by atoms with van der Waals surface area (Å²) in [6.45, 7) is 6.67. The number of carbonyl (C=O) groups excluding carboxylic acids is 3. The van der Waals surface area contributed by atoms with Crippen molar-refractivity contribution in [1.29, 1.82) is 0 Å². The number of methoxy groups -OCH3 is 1. The van der Waals surface area contributed by atoms with Crippen molar-refractivity contribution in [2.24, 2.45) is 5.92 Å². The van der Waals surface area contributed by atoms with Crippen LogP contribution in [0.2, 0.25) is 0 Å². The Kier molecular flexibility index (Phi) is 8.60. The van der Waals surface area contributed by atoms with Crippen molar-refractivity contribution in [3.63, 3.8) is 0 Å². The lowest BCUT2D eigenvalue weighted by Crippen LogP contribution is -2.52. The Bertz CT molecular complexity index is 789. The van der Waals surface area contributed by atoms with Gasteiger partial charge in [-0.25, -0.2) is 0 Å². The van der Waals surface area contributed by atoms with Gasteiger partial charge in [0.25, 0.3) is 5.89 Å². The molecule has 2 aliphatic rings. The molecule has 0 saturated carbocycles. The molecule has 10 heteroatoms. The first-order chi connectivity index (χ1) is 15.4. The summed E-state index contributed by atoms with van der Waals surface area (Å²) in [7, 11) is 1.56. The lowest BCUT2D eigenvalue weighted by molar-refractivity contribution is -0.139. The molecule has 1 unspecified atom stereocenters. The molecule has 0 radical (unpaired) electrons. The van der Waals surface area contributed by atoms with Gasteiger partial charge in [0, 0.05) is 72.6 Å². The van der Waals surface area contributed by atoms with Crippen LogP contribution in [0.15, 0.2) is 4.52 Å². The number of piperidine rings is 2. The lowest BCUT2D eigenvalue weighted by Gasteiger charge is -2.40. The molecular weight excluding hydrogens is 414 g/mol. The molecule has 3 amide bonds. The summed E-state index contributed by atoms with van der Waals surface area (Å²) in [6.07, 6.45) is 4.51. The van der Waals surface area contributed by atoms with Gasteiger partial charge < -0.3 is 24.0 Å². The third kappa shape index (κ3) is 6.51. The molecule has 0 bridgehead atoms. The molecule has 3 rings (SSSR count). The second-order valence-electron chi connectivity index (χ2n) is 8.79. The first-order valence-electron chi connectivity index (χ1n) is 11.5. The minimum atomic E-state index is -0.0125. The third-order valence-electron chi connectivity index (χ3n) is 6.47. The second-order valence-corrected chi connectivity index (χ2v) is 8.79. The average molecular weight is 450 g/mol. The number of nitrogens with zero attached hydrogens (tertiary/aromatic N) is 5. The SMILES string of the molecule is COCc1nc(CCN(C(C)=O)C2CCCN(C(=O)CC3CCN(C(C)=O)CC3)C2)no1. The predicted molar refractivity (Wildman–Crippen MR) is 115 cm³/mol. The van der Waals surface area contributed by atoms with Crippen LogP contribution in [0, 0.1) is 5.92 Å². The highest BCUT2D eigenvalue weighted by Crippen LogP contribution is 2.24. The molecular formula is C22H35N5O5. The Morgan fingerprint density at radius 1 is 1.12 bits per heavy atom. The van der Waals surface area contributed by atoms with Gasteiger partial charge in [0.15, 0.2) is 5.82 Å². The van der Waals surface area contributed by atoms with Crippen LogP contribution in [-0.2, 0) is 32.1 Å². The molecule has 2 aliphatic heterocycles. The minimum Gasteiger partial charge on any atom is -0.375 e. The molecule has 0 aliphatic carbocycles. The van der Waals surface area contributed by atoms with E-state index < -0.39 is 0 Å². The Balaban J connectivity index is 1.51. The highest BCUT2D eigenvalue weighted by Gasteiger charge is 2.31. The van der Waals surface area contributed by atoms with Crippen LogP contribution in [0.3, 0.4) is 0 Å². The molecule has 0 aromatic carbocycles. The Morgan fingerprint density at radius 3 is 2.53 bits per heavy atom. The number of ether oxygens (including phenoxy) is 1. The third-order valence-corrected chi connectivity index (χ3v) is 6.47. The van der Waals surface area contributed by atoms with Crippen LogP contribution in [0.4, 0.5) is 0 Å². The van der Waals surface area contributed by atoms with Gasteiger partial charge in [-0.05, 0) is 31.6 Å². The molecule has 1 aromatic heterocycles. The van der Waals surface area contributed by atoms with Crippen LogP contribution in [0.25, 0.3) is 0 Å². The molecule has 1 aromatic rings. The second kappa shape index (κ2) is 11.4. The Morgan fingerprint density at radius 2 is 1.88 bits per heavy atom. The van der Waals surface area contributed by atoms with E-state index >= 15 is 0 Å². The smallest absolute Gasteiger partial charge is 0.252 e. The zero-order valence-electron chi connectivity index (χ0n) is 19.4. The van der Waals surface area contributed by atoms with Crippen molar-refractivity contribution < 1.29 is 23.6 Å². The molecule has 0 spiro atoms. The van der Waals surface area contributed by atoms with E-state index in [9.17, 15) is 14.4 Å². The molecule has 0 N–H and O–H groups in total. The quantitative estimate of drug-likeness (QED) is 0.587. The summed E-state index contributed by atoms with van der Waals surface area (Å²) in [4.78, 5) is 46.7. The zero-order chi connectivity index (χ0) is 23.1. The molecule has 1 atom stereocenters. The highest BCUT2D eigenvalue weighted by atomic mass is 16.5. The largest absolute Gasteiger partial charge is 0.375 e. The van der Waals surface area contributed by atoms with E-state index in [0.717, 1.165) is 45.3 Å². The fourth-order valence-corrected chi connectivity index (χ4v) is 4.66. The van der Waals surface area contributed by atoms with E-state index in [2.05, 4.69) is 10.1 Å². The van der Waals surface area contributed by atoms with Crippen LogP contribution in [0.1, 0.15) is 57.7 Å². The van der Waals surface area contributed by atoms with E-state index in [-0.39, 0.29) is 30.4 Å². The van der Waals surface area contributed by atoms with Crippen molar-refractivity contribution in [2.75, 3.05) is 39.8 Å². The van der Waals surface area contributed by atoms with Gasteiger partial charge >= 0.3 is 0 Å². The van der Waals surface area contributed by atoms with E-state index in [1.807, 2.05) is 14.7 Å². The maximum absolute atomic E-state index is 13.0. The van der Waals surface area contributed by atoms with Crippen molar-refractivity contribution in [3.8, 4) is 0 Å². The Hall–Kier alpha value is -2.49. The number of aromatic nitrogens is 2. The monoisotopic (exact) mass is 449 g/mol. The average Bonchev–Trinajstić information content (AvgIpc) is 3.22. The summed E-state index contributed by atoms with van der Waals surface area (Å²) in [6, 6.07) is -0.00453. The van der Waals surface area contributed by atoms with Gasteiger partial charge in [0.1, 0.15) is 6.61 Å². The fourth-order valence-electron chi connectivity index (χ4n) is 4.66. The number of carbonyl (C=O) groups is 3. The van der Waals surface area contributed by atoms with E-state index in [4.69, 9.17) is 9.26 Å². The van der Waals surface area contributed by atoms with Gasteiger partial charge in [0.05, 0.1) is 0 Å². The van der Waals surface area contributed by atoms with Crippen LogP contribution >= 0.6 is 0 Å². The van der Waals surface area contributed by atoms with Gasteiger partial charge in [0.2, 0.25) is 17.7 Å². The summed E-state index contributed by atoms with van der Waals surface area (Å²) >= 11 is 0. The first-order valence-corrected chi connectivity index (χ1v) is 11.5. The van der Waals surface area contributed by atoms with Crippen molar-refractivity contribution >= 4 is 17.7 Å². The standard InChI is InChI=1S/C22H35N5O5/c1-16(28)25-10-6-18(7-11-25)13-22(30)26-9-4-5-19(14-26)27(17(2)29)12-8-20-23-21(15-31-3)32-24-20/h18-19H,4-15H2,1-3H3. The molecule has 3 heterocycles. The summed E-state index contributed by atoms with van der Waals surface area (Å²) in [5.41, 5.74) is 0. The topological polar surface area (TPSA) is 109 Å². The number of hydrogen-bond donors (Lipinski definition) is 0. The molecule has 10 nitrogen and oxygen atoms in total. The molecule has 32 heavy (non-hydrogen) atoms.